The summed E-state index contributed by atoms with van der Waals surface area (Å²) in [7, 11) is -3.82. The number of halogens is 3. The fraction of sp³-hybridized carbons (Fsp3) is 0.250. The third-order valence-corrected chi connectivity index (χ3v) is 7.62. The molecule has 3 aromatic rings. The van der Waals surface area contributed by atoms with Gasteiger partial charge in [-0.3, -0.25) is 4.72 Å². The van der Waals surface area contributed by atoms with Crippen molar-refractivity contribution in [3.8, 4) is 0 Å². The molecule has 0 bridgehead atoms. The Hall–Kier alpha value is -2.48. The molecule has 1 aliphatic rings. The van der Waals surface area contributed by atoms with Gasteiger partial charge < -0.3 is 0 Å². The van der Waals surface area contributed by atoms with E-state index in [1.807, 2.05) is 0 Å². The molecule has 8 heteroatoms. The van der Waals surface area contributed by atoms with E-state index in [2.05, 4.69) is 4.72 Å². The summed E-state index contributed by atoms with van der Waals surface area (Å²) in [5, 5.41) is 0.320. The Labute approximate surface area is 192 Å². The van der Waals surface area contributed by atoms with Crippen molar-refractivity contribution < 1.29 is 17.2 Å². The van der Waals surface area contributed by atoms with Gasteiger partial charge in [0.25, 0.3) is 0 Å². The quantitative estimate of drug-likeness (QED) is 0.487. The Morgan fingerprint density at radius 3 is 2.03 bits per heavy atom. The number of hydrogen-bond donors (Lipinski definition) is 1. The molecule has 0 saturated carbocycles. The van der Waals surface area contributed by atoms with Crippen LogP contribution in [0.2, 0.25) is 5.02 Å². The number of benzene rings is 3. The summed E-state index contributed by atoms with van der Waals surface area (Å²) < 4.78 is 57.3. The Kier molecular flexibility index (Phi) is 6.79. The lowest BCUT2D eigenvalue weighted by Crippen LogP contribution is -2.44. The summed E-state index contributed by atoms with van der Waals surface area (Å²) in [5.74, 6) is -0.955. The highest BCUT2D eigenvalue weighted by Crippen LogP contribution is 2.38. The molecule has 32 heavy (non-hydrogen) atoms. The fourth-order valence-electron chi connectivity index (χ4n) is 4.29. The van der Waals surface area contributed by atoms with Gasteiger partial charge in [0.05, 0.1) is 10.7 Å². The molecule has 168 valence electrons. The Bertz CT molecular complexity index is 1130. The standard InChI is InChI=1S/C24H23ClF2N2O2S/c25-22-5-1-2-6-23(22)28-32(30,31)29-15-3-4-19(16-29)24(17-7-11-20(26)12-8-17)18-9-13-21(27)14-10-18/h1-2,5-14,19,24,28H,3-4,15-16H2. The van der Waals surface area contributed by atoms with Crippen molar-refractivity contribution in [2.24, 2.45) is 5.92 Å². The first-order valence-electron chi connectivity index (χ1n) is 10.4. The SMILES string of the molecule is O=S(=O)(Nc1ccccc1Cl)N1CCCC(C(c2ccc(F)cc2)c2ccc(F)cc2)C1. The average Bonchev–Trinajstić information content (AvgIpc) is 2.78. The molecule has 0 amide bonds. The van der Waals surface area contributed by atoms with Gasteiger partial charge in [-0.1, -0.05) is 48.0 Å². The van der Waals surface area contributed by atoms with Gasteiger partial charge in [-0.2, -0.15) is 12.7 Å². The van der Waals surface area contributed by atoms with Crippen LogP contribution in [0.15, 0.2) is 72.8 Å². The molecule has 4 rings (SSSR count). The monoisotopic (exact) mass is 476 g/mol. The largest absolute Gasteiger partial charge is 0.301 e. The summed E-state index contributed by atoms with van der Waals surface area (Å²) in [6.45, 7) is 0.662. The third kappa shape index (κ3) is 5.11. The number of para-hydroxylation sites is 1. The van der Waals surface area contributed by atoms with Crippen molar-refractivity contribution in [2.45, 2.75) is 18.8 Å². The van der Waals surface area contributed by atoms with E-state index in [4.69, 9.17) is 11.6 Å². The summed E-state index contributed by atoms with van der Waals surface area (Å²) in [6.07, 6.45) is 1.46. The predicted molar refractivity (Wildman–Crippen MR) is 123 cm³/mol. The smallest absolute Gasteiger partial charge is 0.269 e. The van der Waals surface area contributed by atoms with Crippen molar-refractivity contribution in [1.29, 1.82) is 0 Å². The van der Waals surface area contributed by atoms with Crippen LogP contribution >= 0.6 is 11.6 Å². The van der Waals surface area contributed by atoms with E-state index in [9.17, 15) is 17.2 Å². The molecule has 0 aromatic heterocycles. The molecule has 0 aliphatic carbocycles. The highest BCUT2D eigenvalue weighted by Gasteiger charge is 2.34. The predicted octanol–water partition coefficient (Wildman–Crippen LogP) is 5.82. The first-order valence-corrected chi connectivity index (χ1v) is 12.2. The number of nitrogens with one attached hydrogen (secondary N) is 1. The van der Waals surface area contributed by atoms with Crippen LogP contribution in [-0.4, -0.2) is 25.8 Å². The topological polar surface area (TPSA) is 49.4 Å². The van der Waals surface area contributed by atoms with Gasteiger partial charge in [0, 0.05) is 19.0 Å². The van der Waals surface area contributed by atoms with Crippen molar-refractivity contribution in [2.75, 3.05) is 17.8 Å². The van der Waals surface area contributed by atoms with E-state index in [1.165, 1.54) is 28.6 Å². The molecule has 1 N–H and O–H groups in total. The van der Waals surface area contributed by atoms with Gasteiger partial charge in [0.1, 0.15) is 11.6 Å². The Morgan fingerprint density at radius 2 is 1.47 bits per heavy atom. The van der Waals surface area contributed by atoms with Gasteiger partial charge >= 0.3 is 10.2 Å². The van der Waals surface area contributed by atoms with Crippen molar-refractivity contribution in [3.63, 3.8) is 0 Å². The minimum Gasteiger partial charge on any atom is -0.269 e. The molecular weight excluding hydrogens is 454 g/mol. The molecule has 1 atom stereocenters. The minimum atomic E-state index is -3.82. The number of anilines is 1. The zero-order valence-electron chi connectivity index (χ0n) is 17.2. The summed E-state index contributed by atoms with van der Waals surface area (Å²) in [5.41, 5.74) is 2.05. The molecule has 0 radical (unpaired) electrons. The van der Waals surface area contributed by atoms with Crippen LogP contribution in [0.5, 0.6) is 0 Å². The van der Waals surface area contributed by atoms with Crippen LogP contribution in [0.4, 0.5) is 14.5 Å². The second kappa shape index (κ2) is 9.57. The van der Waals surface area contributed by atoms with Gasteiger partial charge in [0.15, 0.2) is 0 Å². The Morgan fingerprint density at radius 1 is 0.906 bits per heavy atom. The lowest BCUT2D eigenvalue weighted by molar-refractivity contribution is 0.250. The molecule has 1 aliphatic heterocycles. The van der Waals surface area contributed by atoms with E-state index < -0.39 is 10.2 Å². The van der Waals surface area contributed by atoms with Crippen molar-refractivity contribution >= 4 is 27.5 Å². The zero-order chi connectivity index (χ0) is 22.7. The van der Waals surface area contributed by atoms with Crippen molar-refractivity contribution in [3.05, 3.63) is 101 Å². The average molecular weight is 477 g/mol. The second-order valence-electron chi connectivity index (χ2n) is 7.93. The van der Waals surface area contributed by atoms with E-state index in [0.29, 0.717) is 23.7 Å². The van der Waals surface area contributed by atoms with Gasteiger partial charge in [-0.25, -0.2) is 8.78 Å². The van der Waals surface area contributed by atoms with Crippen LogP contribution < -0.4 is 4.72 Å². The molecule has 1 saturated heterocycles. The maximum atomic E-state index is 13.5. The first-order chi connectivity index (χ1) is 15.3. The lowest BCUT2D eigenvalue weighted by atomic mass is 9.77. The molecule has 0 spiro atoms. The number of rotatable bonds is 6. The summed E-state index contributed by atoms with van der Waals surface area (Å²) in [4.78, 5) is 0. The van der Waals surface area contributed by atoms with Gasteiger partial charge in [-0.05, 0) is 66.3 Å². The van der Waals surface area contributed by atoms with Crippen LogP contribution in [-0.2, 0) is 10.2 Å². The van der Waals surface area contributed by atoms with Gasteiger partial charge in [-0.15, -0.1) is 0 Å². The lowest BCUT2D eigenvalue weighted by Gasteiger charge is -2.37. The first kappa shape index (κ1) is 22.7. The minimum absolute atomic E-state index is 0.0671. The number of hydrogen-bond acceptors (Lipinski definition) is 2. The van der Waals surface area contributed by atoms with Crippen LogP contribution in [0.3, 0.4) is 0 Å². The second-order valence-corrected chi connectivity index (χ2v) is 10.0. The normalized spacial score (nSPS) is 17.4. The fourth-order valence-corrected chi connectivity index (χ4v) is 5.87. The zero-order valence-corrected chi connectivity index (χ0v) is 18.8. The Balaban J connectivity index is 1.63. The van der Waals surface area contributed by atoms with E-state index in [-0.39, 0.29) is 30.0 Å². The van der Waals surface area contributed by atoms with Gasteiger partial charge in [0.2, 0.25) is 0 Å². The summed E-state index contributed by atoms with van der Waals surface area (Å²) in [6, 6.07) is 19.1. The maximum Gasteiger partial charge on any atom is 0.301 e. The molecule has 1 heterocycles. The van der Waals surface area contributed by atoms with Crippen LogP contribution in [0.25, 0.3) is 0 Å². The number of piperidine rings is 1. The molecule has 1 unspecified atom stereocenters. The van der Waals surface area contributed by atoms with Crippen molar-refractivity contribution in [1.82, 2.24) is 4.31 Å². The van der Waals surface area contributed by atoms with Crippen LogP contribution in [0.1, 0.15) is 29.9 Å². The van der Waals surface area contributed by atoms with E-state index in [0.717, 1.165) is 17.5 Å². The van der Waals surface area contributed by atoms with Crippen LogP contribution in [0, 0.1) is 17.6 Å². The number of nitrogens with zero attached hydrogens (tertiary/aromatic N) is 1. The molecule has 4 nitrogen and oxygen atoms in total. The summed E-state index contributed by atoms with van der Waals surface area (Å²) >= 11 is 6.13. The molecular formula is C24H23ClF2N2O2S. The van der Waals surface area contributed by atoms with E-state index >= 15 is 0 Å². The molecule has 3 aromatic carbocycles. The van der Waals surface area contributed by atoms with E-state index in [1.54, 1.807) is 48.5 Å². The highest BCUT2D eigenvalue weighted by molar-refractivity contribution is 7.90. The molecule has 1 fully saturated rings. The highest BCUT2D eigenvalue weighted by atomic mass is 35.5. The maximum absolute atomic E-state index is 13.5. The third-order valence-electron chi connectivity index (χ3n) is 5.80.